The van der Waals surface area contributed by atoms with Crippen molar-refractivity contribution in [2.45, 2.75) is 23.5 Å². The zero-order valence-corrected chi connectivity index (χ0v) is 15.0. The van der Waals surface area contributed by atoms with Crippen LogP contribution in [0, 0.1) is 0 Å². The summed E-state index contributed by atoms with van der Waals surface area (Å²) >= 11 is 1.25. The summed E-state index contributed by atoms with van der Waals surface area (Å²) in [5, 5.41) is 11.7. The lowest BCUT2D eigenvalue weighted by Crippen LogP contribution is -2.32. The minimum Gasteiger partial charge on any atom is -0.497 e. The average Bonchev–Trinajstić information content (AvgIpc) is 2.62. The van der Waals surface area contributed by atoms with Crippen LogP contribution in [0.4, 0.5) is 0 Å². The van der Waals surface area contributed by atoms with E-state index in [-0.39, 0.29) is 16.7 Å². The van der Waals surface area contributed by atoms with Crippen LogP contribution >= 0.6 is 11.8 Å². The maximum absolute atomic E-state index is 12.2. The minimum atomic E-state index is -0.991. The highest BCUT2D eigenvalue weighted by atomic mass is 32.2. The molecule has 5 nitrogen and oxygen atoms in total. The van der Waals surface area contributed by atoms with Crippen molar-refractivity contribution in [1.82, 2.24) is 5.32 Å². The maximum Gasteiger partial charge on any atom is 0.336 e. The zero-order chi connectivity index (χ0) is 18.2. The van der Waals surface area contributed by atoms with Gasteiger partial charge in [-0.25, -0.2) is 4.79 Å². The molecule has 2 aromatic rings. The lowest BCUT2D eigenvalue weighted by Gasteiger charge is -2.13. The number of thioether (sulfide) groups is 1. The molecular formula is C19H21NO4S. The molecule has 1 atom stereocenters. The summed E-state index contributed by atoms with van der Waals surface area (Å²) in [5.74, 6) is -0.302. The van der Waals surface area contributed by atoms with Gasteiger partial charge < -0.3 is 15.2 Å². The Hall–Kier alpha value is -2.47. The van der Waals surface area contributed by atoms with Gasteiger partial charge in [0.2, 0.25) is 5.91 Å². The van der Waals surface area contributed by atoms with E-state index in [4.69, 9.17) is 4.74 Å². The molecule has 6 heteroatoms. The van der Waals surface area contributed by atoms with Crippen LogP contribution in [0.1, 0.15) is 22.8 Å². The molecule has 0 saturated heterocycles. The van der Waals surface area contributed by atoms with Gasteiger partial charge >= 0.3 is 5.97 Å². The van der Waals surface area contributed by atoms with Gasteiger partial charge in [0.05, 0.1) is 17.9 Å². The fourth-order valence-electron chi connectivity index (χ4n) is 2.26. The van der Waals surface area contributed by atoms with Gasteiger partial charge in [-0.05, 0) is 43.2 Å². The third kappa shape index (κ3) is 5.53. The molecule has 1 amide bonds. The number of amides is 1. The molecule has 0 unspecified atom stereocenters. The molecule has 2 N–H and O–H groups in total. The number of carbonyl (C=O) groups excluding carboxylic acids is 1. The van der Waals surface area contributed by atoms with Crippen LogP contribution in [-0.4, -0.2) is 35.9 Å². The molecule has 25 heavy (non-hydrogen) atoms. The van der Waals surface area contributed by atoms with Gasteiger partial charge in [0.15, 0.2) is 0 Å². The first-order valence-corrected chi connectivity index (χ1v) is 8.79. The van der Waals surface area contributed by atoms with E-state index in [1.165, 1.54) is 11.8 Å². The monoisotopic (exact) mass is 359 g/mol. The number of hydrogen-bond acceptors (Lipinski definition) is 4. The molecule has 0 heterocycles. The average molecular weight is 359 g/mol. The Morgan fingerprint density at radius 2 is 1.84 bits per heavy atom. The van der Waals surface area contributed by atoms with Gasteiger partial charge in [-0.3, -0.25) is 4.79 Å². The highest BCUT2D eigenvalue weighted by Gasteiger charge is 2.17. The number of hydrogen-bond donors (Lipinski definition) is 2. The first-order chi connectivity index (χ1) is 12.0. The third-order valence-corrected chi connectivity index (χ3v) is 4.84. The summed E-state index contributed by atoms with van der Waals surface area (Å²) in [6.07, 6.45) is 0.721. The van der Waals surface area contributed by atoms with E-state index in [1.807, 2.05) is 24.3 Å². The molecule has 0 aliphatic rings. The number of nitrogens with one attached hydrogen (secondary N) is 1. The van der Waals surface area contributed by atoms with Crippen molar-refractivity contribution in [2.24, 2.45) is 0 Å². The molecule has 0 fully saturated rings. The summed E-state index contributed by atoms with van der Waals surface area (Å²) in [5.41, 5.74) is 1.32. The van der Waals surface area contributed by atoms with Crippen LogP contribution in [0.15, 0.2) is 53.4 Å². The highest BCUT2D eigenvalue weighted by Crippen LogP contribution is 2.27. The SMILES string of the molecule is COc1ccc(CCNC(=O)[C@@H](C)Sc2ccccc2C(=O)O)cc1. The van der Waals surface area contributed by atoms with Gasteiger partial charge in [0.25, 0.3) is 0 Å². The van der Waals surface area contributed by atoms with Gasteiger partial charge in [0.1, 0.15) is 5.75 Å². The number of carboxylic acid groups (broad SMARTS) is 1. The van der Waals surface area contributed by atoms with Crippen molar-refractivity contribution in [3.05, 3.63) is 59.7 Å². The molecule has 0 bridgehead atoms. The fraction of sp³-hybridized carbons (Fsp3) is 0.263. The van der Waals surface area contributed by atoms with Crippen LogP contribution < -0.4 is 10.1 Å². The minimum absolute atomic E-state index is 0.112. The second kappa shape index (κ2) is 9.13. The van der Waals surface area contributed by atoms with E-state index in [0.717, 1.165) is 17.7 Å². The van der Waals surface area contributed by atoms with Crippen molar-refractivity contribution in [3.63, 3.8) is 0 Å². The first-order valence-electron chi connectivity index (χ1n) is 7.91. The fourth-order valence-corrected chi connectivity index (χ4v) is 3.27. The Kier molecular flexibility index (Phi) is 6.89. The number of benzene rings is 2. The summed E-state index contributed by atoms with van der Waals surface area (Å²) in [6, 6.07) is 14.4. The number of ether oxygens (including phenoxy) is 1. The second-order valence-electron chi connectivity index (χ2n) is 5.45. The largest absolute Gasteiger partial charge is 0.497 e. The van der Waals surface area contributed by atoms with E-state index in [2.05, 4.69) is 5.32 Å². The molecular weight excluding hydrogens is 338 g/mol. The molecule has 0 aliphatic carbocycles. The van der Waals surface area contributed by atoms with Crippen LogP contribution in [0.2, 0.25) is 0 Å². The van der Waals surface area contributed by atoms with E-state index < -0.39 is 5.97 Å². The molecule has 0 saturated carbocycles. The smallest absolute Gasteiger partial charge is 0.336 e. The number of methoxy groups -OCH3 is 1. The summed E-state index contributed by atoms with van der Waals surface area (Å²) in [4.78, 5) is 24.0. The summed E-state index contributed by atoms with van der Waals surface area (Å²) in [6.45, 7) is 2.29. The number of aromatic carboxylic acids is 1. The number of carboxylic acids is 1. The van der Waals surface area contributed by atoms with Crippen molar-refractivity contribution >= 4 is 23.6 Å². The van der Waals surface area contributed by atoms with E-state index in [0.29, 0.717) is 11.4 Å². The van der Waals surface area contributed by atoms with Gasteiger partial charge in [0, 0.05) is 11.4 Å². The normalized spacial score (nSPS) is 11.6. The molecule has 2 rings (SSSR count). The predicted molar refractivity (Wildman–Crippen MR) is 98.4 cm³/mol. The maximum atomic E-state index is 12.2. The Bertz CT molecular complexity index is 730. The van der Waals surface area contributed by atoms with Gasteiger partial charge in [-0.15, -0.1) is 11.8 Å². The highest BCUT2D eigenvalue weighted by molar-refractivity contribution is 8.00. The first kappa shape index (κ1) is 18.9. The molecule has 0 spiro atoms. The molecule has 0 aromatic heterocycles. The van der Waals surface area contributed by atoms with Gasteiger partial charge in [-0.2, -0.15) is 0 Å². The lowest BCUT2D eigenvalue weighted by atomic mass is 10.1. The standard InChI is InChI=1S/C19H21NO4S/c1-13(25-17-6-4-3-5-16(17)19(22)23)18(21)20-12-11-14-7-9-15(24-2)10-8-14/h3-10,13H,11-12H2,1-2H3,(H,20,21)(H,22,23)/t13-/m1/s1. The lowest BCUT2D eigenvalue weighted by molar-refractivity contribution is -0.120. The molecule has 0 radical (unpaired) electrons. The Morgan fingerprint density at radius 1 is 1.16 bits per heavy atom. The predicted octanol–water partition coefficient (Wildman–Crippen LogP) is 3.23. The van der Waals surface area contributed by atoms with E-state index in [1.54, 1.807) is 38.3 Å². The van der Waals surface area contributed by atoms with Crippen molar-refractivity contribution in [2.75, 3.05) is 13.7 Å². The summed E-state index contributed by atoms with van der Waals surface area (Å²) in [7, 11) is 1.62. The van der Waals surface area contributed by atoms with Crippen LogP contribution in [0.25, 0.3) is 0 Å². The van der Waals surface area contributed by atoms with Crippen molar-refractivity contribution in [3.8, 4) is 5.75 Å². The van der Waals surface area contributed by atoms with Gasteiger partial charge in [-0.1, -0.05) is 24.3 Å². The Morgan fingerprint density at radius 3 is 2.48 bits per heavy atom. The van der Waals surface area contributed by atoms with Crippen LogP contribution in [0.3, 0.4) is 0 Å². The quantitative estimate of drug-likeness (QED) is 0.708. The van der Waals surface area contributed by atoms with Crippen molar-refractivity contribution < 1.29 is 19.4 Å². The zero-order valence-electron chi connectivity index (χ0n) is 14.2. The molecule has 2 aromatic carbocycles. The van der Waals surface area contributed by atoms with Crippen LogP contribution in [-0.2, 0) is 11.2 Å². The third-order valence-electron chi connectivity index (χ3n) is 3.66. The van der Waals surface area contributed by atoms with Crippen molar-refractivity contribution in [1.29, 1.82) is 0 Å². The van der Waals surface area contributed by atoms with E-state index >= 15 is 0 Å². The van der Waals surface area contributed by atoms with E-state index in [9.17, 15) is 14.7 Å². The second-order valence-corrected chi connectivity index (χ2v) is 6.83. The topological polar surface area (TPSA) is 75.6 Å². The number of rotatable bonds is 8. The Labute approximate surface area is 151 Å². The Balaban J connectivity index is 1.85. The molecule has 132 valence electrons. The molecule has 0 aliphatic heterocycles. The summed E-state index contributed by atoms with van der Waals surface area (Å²) < 4.78 is 5.11. The van der Waals surface area contributed by atoms with Crippen LogP contribution in [0.5, 0.6) is 5.75 Å². The number of carbonyl (C=O) groups is 2.